The molecule has 3 aliphatic rings. The number of rotatable bonds is 2. The number of imide groups is 1. The second-order valence-electron chi connectivity index (χ2n) is 4.95. The van der Waals surface area contributed by atoms with Gasteiger partial charge in [-0.25, -0.2) is 0 Å². The zero-order chi connectivity index (χ0) is 14.9. The molecule has 1 aliphatic heterocycles. The minimum absolute atomic E-state index is 0.246. The fourth-order valence-corrected chi connectivity index (χ4v) is 3.52. The van der Waals surface area contributed by atoms with E-state index in [0.29, 0.717) is 6.42 Å². The maximum Gasteiger partial charge on any atom is 0.525 e. The number of halogens is 3. The molecule has 0 spiro atoms. The van der Waals surface area contributed by atoms with Crippen molar-refractivity contribution >= 4 is 21.9 Å². The molecule has 0 N–H and O–H groups in total. The Labute approximate surface area is 111 Å². The molecule has 2 bridgehead atoms. The Kier molecular flexibility index (Phi) is 2.59. The lowest BCUT2D eigenvalue weighted by atomic mass is 9.85. The number of alkyl halides is 3. The van der Waals surface area contributed by atoms with E-state index in [1.54, 1.807) is 12.2 Å². The summed E-state index contributed by atoms with van der Waals surface area (Å²) < 4.78 is 62.1. The lowest BCUT2D eigenvalue weighted by Gasteiger charge is -2.16. The molecule has 3 rings (SSSR count). The molecule has 2 aliphatic carbocycles. The summed E-state index contributed by atoms with van der Waals surface area (Å²) in [5.74, 6) is -4.18. The van der Waals surface area contributed by atoms with Gasteiger partial charge in [-0.3, -0.25) is 9.59 Å². The van der Waals surface area contributed by atoms with E-state index in [9.17, 15) is 31.2 Å². The van der Waals surface area contributed by atoms with Gasteiger partial charge in [0.15, 0.2) is 0 Å². The summed E-state index contributed by atoms with van der Waals surface area (Å²) in [5.41, 5.74) is -5.69. The fourth-order valence-electron chi connectivity index (χ4n) is 3.09. The van der Waals surface area contributed by atoms with Gasteiger partial charge in [0.05, 0.1) is 11.8 Å². The standard InChI is InChI=1S/C10H8F3NO5S/c11-10(12,13)20(17,18)19-14-8(15)6-4-1-2-5(3-4)7(6)9(14)16/h1-2,4-7H,3H2/t4-,5?,6?,7?/m1/s1. The van der Waals surface area contributed by atoms with Crippen LogP contribution in [-0.2, 0) is 24.0 Å². The van der Waals surface area contributed by atoms with E-state index >= 15 is 0 Å². The predicted molar refractivity (Wildman–Crippen MR) is 55.6 cm³/mol. The molecular weight excluding hydrogens is 303 g/mol. The first kappa shape index (κ1) is 13.6. The van der Waals surface area contributed by atoms with Gasteiger partial charge in [-0.05, 0) is 18.3 Å². The van der Waals surface area contributed by atoms with E-state index in [4.69, 9.17) is 0 Å². The number of carbonyl (C=O) groups is 2. The van der Waals surface area contributed by atoms with Gasteiger partial charge in [-0.1, -0.05) is 12.2 Å². The second kappa shape index (κ2) is 3.82. The predicted octanol–water partition coefficient (Wildman–Crippen LogP) is 0.575. The van der Waals surface area contributed by atoms with Crippen molar-refractivity contribution in [2.24, 2.45) is 23.7 Å². The first-order chi connectivity index (χ1) is 9.13. The van der Waals surface area contributed by atoms with Gasteiger partial charge >= 0.3 is 15.6 Å². The van der Waals surface area contributed by atoms with Crippen molar-refractivity contribution in [1.29, 1.82) is 0 Å². The van der Waals surface area contributed by atoms with Crippen LogP contribution >= 0.6 is 0 Å². The van der Waals surface area contributed by atoms with Crippen molar-refractivity contribution < 1.29 is 35.5 Å². The van der Waals surface area contributed by atoms with Crippen LogP contribution in [0.3, 0.4) is 0 Å². The molecule has 1 heterocycles. The summed E-state index contributed by atoms with van der Waals surface area (Å²) in [6, 6.07) is 0. The monoisotopic (exact) mass is 311 g/mol. The zero-order valence-electron chi connectivity index (χ0n) is 9.70. The normalized spacial score (nSPS) is 36.0. The number of nitrogens with zero attached hydrogens (tertiary/aromatic N) is 1. The number of amides is 2. The molecule has 3 unspecified atom stereocenters. The maximum atomic E-state index is 12.2. The van der Waals surface area contributed by atoms with E-state index in [1.165, 1.54) is 0 Å². The second-order valence-corrected chi connectivity index (χ2v) is 6.47. The molecule has 1 saturated heterocycles. The fraction of sp³-hybridized carbons (Fsp3) is 0.600. The first-order valence-electron chi connectivity index (χ1n) is 5.70. The summed E-state index contributed by atoms with van der Waals surface area (Å²) in [7, 11) is -6.03. The summed E-state index contributed by atoms with van der Waals surface area (Å²) in [4.78, 5) is 23.8. The minimum Gasteiger partial charge on any atom is -0.272 e. The van der Waals surface area contributed by atoms with Crippen molar-refractivity contribution in [2.75, 3.05) is 0 Å². The van der Waals surface area contributed by atoms with Crippen molar-refractivity contribution in [2.45, 2.75) is 11.9 Å². The summed E-state index contributed by atoms with van der Waals surface area (Å²) in [6.45, 7) is 0. The van der Waals surface area contributed by atoms with Crippen LogP contribution in [-0.4, -0.2) is 30.8 Å². The van der Waals surface area contributed by atoms with Gasteiger partial charge in [-0.2, -0.15) is 21.6 Å². The highest BCUT2D eigenvalue weighted by Crippen LogP contribution is 2.52. The van der Waals surface area contributed by atoms with Crippen molar-refractivity contribution in [3.05, 3.63) is 12.2 Å². The van der Waals surface area contributed by atoms with E-state index in [-0.39, 0.29) is 16.9 Å². The topological polar surface area (TPSA) is 80.8 Å². The van der Waals surface area contributed by atoms with Crippen LogP contribution in [0, 0.1) is 23.7 Å². The lowest BCUT2D eigenvalue weighted by molar-refractivity contribution is -0.169. The van der Waals surface area contributed by atoms with Crippen LogP contribution in [0.2, 0.25) is 0 Å². The molecule has 0 aromatic heterocycles. The van der Waals surface area contributed by atoms with Crippen LogP contribution in [0.1, 0.15) is 6.42 Å². The number of fused-ring (bicyclic) bond motifs is 5. The van der Waals surface area contributed by atoms with Gasteiger partial charge in [0.25, 0.3) is 11.8 Å². The highest BCUT2D eigenvalue weighted by atomic mass is 32.2. The maximum absolute atomic E-state index is 12.2. The third-order valence-electron chi connectivity index (χ3n) is 3.89. The molecule has 0 aromatic carbocycles. The van der Waals surface area contributed by atoms with Crippen LogP contribution in [0.15, 0.2) is 12.2 Å². The van der Waals surface area contributed by atoms with E-state index in [2.05, 4.69) is 4.28 Å². The van der Waals surface area contributed by atoms with Gasteiger partial charge in [0.2, 0.25) is 0 Å². The Morgan fingerprint density at radius 3 is 1.95 bits per heavy atom. The van der Waals surface area contributed by atoms with Crippen LogP contribution in [0.25, 0.3) is 0 Å². The van der Waals surface area contributed by atoms with Gasteiger partial charge in [0, 0.05) is 0 Å². The van der Waals surface area contributed by atoms with Crippen molar-refractivity contribution in [3.8, 4) is 0 Å². The zero-order valence-corrected chi connectivity index (χ0v) is 10.5. The van der Waals surface area contributed by atoms with Gasteiger partial charge in [-0.15, -0.1) is 9.35 Å². The van der Waals surface area contributed by atoms with Crippen LogP contribution in [0.4, 0.5) is 13.2 Å². The Hall–Kier alpha value is -1.42. The molecule has 110 valence electrons. The van der Waals surface area contributed by atoms with Crippen LogP contribution in [0.5, 0.6) is 0 Å². The Morgan fingerprint density at radius 1 is 1.10 bits per heavy atom. The largest absolute Gasteiger partial charge is 0.525 e. The highest BCUT2D eigenvalue weighted by molar-refractivity contribution is 7.87. The first-order valence-corrected chi connectivity index (χ1v) is 7.11. The average molecular weight is 311 g/mol. The van der Waals surface area contributed by atoms with Gasteiger partial charge in [0.1, 0.15) is 0 Å². The SMILES string of the molecule is O=C1C2C3C=C[C@H](C3)C2C(=O)N1OS(=O)(=O)C(F)(F)F. The number of hydroxylamine groups is 2. The molecular formula is C10H8F3NO5S. The highest BCUT2D eigenvalue weighted by Gasteiger charge is 2.62. The smallest absolute Gasteiger partial charge is 0.272 e. The number of hydrogen-bond donors (Lipinski definition) is 0. The summed E-state index contributed by atoms with van der Waals surface area (Å²) in [6.07, 6.45) is 4.02. The summed E-state index contributed by atoms with van der Waals surface area (Å²) in [5, 5.41) is -0.246. The number of carbonyl (C=O) groups excluding carboxylic acids is 2. The molecule has 2 amide bonds. The lowest BCUT2D eigenvalue weighted by Crippen LogP contribution is -2.39. The molecule has 0 aromatic rings. The number of allylic oxidation sites excluding steroid dienone is 2. The van der Waals surface area contributed by atoms with Crippen molar-refractivity contribution in [3.63, 3.8) is 0 Å². The Balaban J connectivity index is 1.88. The molecule has 0 radical (unpaired) electrons. The Morgan fingerprint density at radius 2 is 1.55 bits per heavy atom. The summed E-state index contributed by atoms with van der Waals surface area (Å²) >= 11 is 0. The molecule has 2 fully saturated rings. The molecule has 10 heteroatoms. The quantitative estimate of drug-likeness (QED) is 0.423. The van der Waals surface area contributed by atoms with Crippen molar-refractivity contribution in [1.82, 2.24) is 5.06 Å². The number of hydrogen-bond acceptors (Lipinski definition) is 5. The molecule has 4 atom stereocenters. The minimum atomic E-state index is -6.03. The van der Waals surface area contributed by atoms with Crippen LogP contribution < -0.4 is 0 Å². The average Bonchev–Trinajstić information content (AvgIpc) is 2.97. The molecule has 6 nitrogen and oxygen atoms in total. The van der Waals surface area contributed by atoms with E-state index in [1.807, 2.05) is 0 Å². The third-order valence-corrected chi connectivity index (χ3v) is 4.80. The Bertz CT molecular complexity index is 595. The third kappa shape index (κ3) is 1.64. The van der Waals surface area contributed by atoms with E-state index in [0.717, 1.165) is 0 Å². The van der Waals surface area contributed by atoms with Gasteiger partial charge < -0.3 is 0 Å². The molecule has 1 saturated carbocycles. The molecule has 20 heavy (non-hydrogen) atoms. The van der Waals surface area contributed by atoms with E-state index < -0.39 is 39.3 Å².